The van der Waals surface area contributed by atoms with Gasteiger partial charge in [-0.1, -0.05) is 30.3 Å². The van der Waals surface area contributed by atoms with E-state index >= 15 is 0 Å². The molecule has 1 saturated heterocycles. The third-order valence-electron chi connectivity index (χ3n) is 5.41. The van der Waals surface area contributed by atoms with Gasteiger partial charge in [0.25, 0.3) is 0 Å². The minimum Gasteiger partial charge on any atom is -0.367 e. The molecule has 0 radical (unpaired) electrons. The molecule has 0 bridgehead atoms. The normalized spacial score (nSPS) is 16.5. The number of nitrogens with one attached hydrogen (secondary N) is 2. The minimum absolute atomic E-state index is 0.111. The standard InChI is InChI=1S/C23H26F2N6/c1-26-23(28-14-22-27-10-12-31(22)15-17-5-3-2-4-6-17)29-19-9-11-30(16-19)21-8-7-18(24)13-20(21)25/h2-8,10,12-13,19H,9,11,14-16H2,1H3,(H2,26,28,29). The largest absolute Gasteiger partial charge is 0.367 e. The smallest absolute Gasteiger partial charge is 0.191 e. The van der Waals surface area contributed by atoms with Crippen molar-refractivity contribution in [3.8, 4) is 0 Å². The molecular weight excluding hydrogens is 398 g/mol. The summed E-state index contributed by atoms with van der Waals surface area (Å²) in [6, 6.07) is 14.1. The van der Waals surface area contributed by atoms with Gasteiger partial charge in [0.05, 0.1) is 12.2 Å². The minimum atomic E-state index is -0.564. The molecular formula is C23H26F2N6. The molecule has 31 heavy (non-hydrogen) atoms. The van der Waals surface area contributed by atoms with Crippen molar-refractivity contribution in [3.63, 3.8) is 0 Å². The third-order valence-corrected chi connectivity index (χ3v) is 5.41. The fourth-order valence-electron chi connectivity index (χ4n) is 3.82. The second-order valence-corrected chi connectivity index (χ2v) is 7.55. The van der Waals surface area contributed by atoms with Crippen molar-refractivity contribution in [2.45, 2.75) is 25.6 Å². The lowest BCUT2D eigenvalue weighted by Gasteiger charge is -2.21. The van der Waals surface area contributed by atoms with E-state index in [0.717, 1.165) is 24.9 Å². The van der Waals surface area contributed by atoms with E-state index in [1.54, 1.807) is 13.2 Å². The summed E-state index contributed by atoms with van der Waals surface area (Å²) < 4.78 is 29.4. The van der Waals surface area contributed by atoms with E-state index in [0.29, 0.717) is 31.3 Å². The lowest BCUT2D eigenvalue weighted by atomic mass is 10.2. The van der Waals surface area contributed by atoms with Crippen LogP contribution in [0.5, 0.6) is 0 Å². The molecule has 162 valence electrons. The number of benzene rings is 2. The Morgan fingerprint density at radius 1 is 1.19 bits per heavy atom. The van der Waals surface area contributed by atoms with E-state index in [9.17, 15) is 8.78 Å². The fraction of sp³-hybridized carbons (Fsp3) is 0.304. The summed E-state index contributed by atoms with van der Waals surface area (Å²) >= 11 is 0. The van der Waals surface area contributed by atoms with E-state index in [-0.39, 0.29) is 6.04 Å². The average molecular weight is 424 g/mol. The van der Waals surface area contributed by atoms with Gasteiger partial charge < -0.3 is 20.1 Å². The highest BCUT2D eigenvalue weighted by Crippen LogP contribution is 2.24. The van der Waals surface area contributed by atoms with Gasteiger partial charge in [0.15, 0.2) is 5.96 Å². The molecule has 8 heteroatoms. The number of hydrogen-bond acceptors (Lipinski definition) is 3. The number of hydrogen-bond donors (Lipinski definition) is 2. The topological polar surface area (TPSA) is 57.5 Å². The van der Waals surface area contributed by atoms with Crippen LogP contribution in [0.15, 0.2) is 65.9 Å². The molecule has 1 aliphatic heterocycles. The molecule has 3 aromatic rings. The average Bonchev–Trinajstić information content (AvgIpc) is 3.41. The zero-order chi connectivity index (χ0) is 21.6. The van der Waals surface area contributed by atoms with Gasteiger partial charge in [0.2, 0.25) is 0 Å². The number of aromatic nitrogens is 2. The van der Waals surface area contributed by atoms with Crippen LogP contribution in [0, 0.1) is 11.6 Å². The van der Waals surface area contributed by atoms with E-state index in [1.165, 1.54) is 17.7 Å². The van der Waals surface area contributed by atoms with Gasteiger partial charge in [-0.15, -0.1) is 0 Å². The van der Waals surface area contributed by atoms with Crippen LogP contribution in [-0.2, 0) is 13.1 Å². The molecule has 0 saturated carbocycles. The first-order chi connectivity index (χ1) is 15.1. The Labute approximate surface area is 180 Å². The molecule has 2 N–H and O–H groups in total. The second kappa shape index (κ2) is 9.59. The maximum atomic E-state index is 14.1. The highest BCUT2D eigenvalue weighted by atomic mass is 19.1. The van der Waals surface area contributed by atoms with Crippen LogP contribution in [0.3, 0.4) is 0 Å². The number of rotatable bonds is 6. The SMILES string of the molecule is CN=C(NCc1nccn1Cc1ccccc1)NC1CCN(c2ccc(F)cc2F)C1. The van der Waals surface area contributed by atoms with E-state index in [4.69, 9.17) is 0 Å². The zero-order valence-electron chi connectivity index (χ0n) is 17.4. The van der Waals surface area contributed by atoms with Crippen LogP contribution in [-0.4, -0.2) is 41.7 Å². The second-order valence-electron chi connectivity index (χ2n) is 7.55. The quantitative estimate of drug-likeness (QED) is 0.472. The predicted molar refractivity (Wildman–Crippen MR) is 118 cm³/mol. The number of guanidine groups is 1. The summed E-state index contributed by atoms with van der Waals surface area (Å²) in [7, 11) is 1.72. The van der Waals surface area contributed by atoms with Crippen molar-refractivity contribution in [1.82, 2.24) is 20.2 Å². The number of aliphatic imine (C=N–C) groups is 1. The summed E-state index contributed by atoms with van der Waals surface area (Å²) in [6.45, 7) is 2.60. The van der Waals surface area contributed by atoms with E-state index in [2.05, 4.69) is 37.3 Å². The zero-order valence-corrected chi connectivity index (χ0v) is 17.4. The summed E-state index contributed by atoms with van der Waals surface area (Å²) in [5.41, 5.74) is 1.64. The molecule has 4 rings (SSSR count). The van der Waals surface area contributed by atoms with Crippen LogP contribution in [0.1, 0.15) is 17.8 Å². The van der Waals surface area contributed by atoms with Gasteiger partial charge in [-0.05, 0) is 24.1 Å². The van der Waals surface area contributed by atoms with E-state index in [1.807, 2.05) is 29.3 Å². The van der Waals surface area contributed by atoms with Crippen molar-refractivity contribution in [3.05, 3.63) is 83.9 Å². The lowest BCUT2D eigenvalue weighted by molar-refractivity contribution is 0.580. The summed E-state index contributed by atoms with van der Waals surface area (Å²) in [6.07, 6.45) is 4.59. The van der Waals surface area contributed by atoms with Gasteiger partial charge in [0.1, 0.15) is 17.5 Å². The van der Waals surface area contributed by atoms with Gasteiger partial charge in [0, 0.05) is 51.2 Å². The predicted octanol–water partition coefficient (Wildman–Crippen LogP) is 3.15. The van der Waals surface area contributed by atoms with E-state index < -0.39 is 11.6 Å². The highest BCUT2D eigenvalue weighted by Gasteiger charge is 2.25. The monoisotopic (exact) mass is 424 g/mol. The Morgan fingerprint density at radius 3 is 2.81 bits per heavy atom. The number of nitrogens with zero attached hydrogens (tertiary/aromatic N) is 4. The molecule has 1 aromatic heterocycles. The van der Waals surface area contributed by atoms with Crippen LogP contribution >= 0.6 is 0 Å². The van der Waals surface area contributed by atoms with Gasteiger partial charge in [-0.25, -0.2) is 13.8 Å². The summed E-state index contributed by atoms with van der Waals surface area (Å²) in [5, 5.41) is 6.70. The molecule has 6 nitrogen and oxygen atoms in total. The van der Waals surface area contributed by atoms with Crippen LogP contribution in [0.4, 0.5) is 14.5 Å². The molecule has 0 amide bonds. The van der Waals surface area contributed by atoms with Crippen LogP contribution < -0.4 is 15.5 Å². The van der Waals surface area contributed by atoms with Crippen LogP contribution in [0.2, 0.25) is 0 Å². The number of imidazole rings is 1. The van der Waals surface area contributed by atoms with Gasteiger partial charge in [-0.2, -0.15) is 0 Å². The molecule has 0 spiro atoms. The van der Waals surface area contributed by atoms with Gasteiger partial charge in [-0.3, -0.25) is 4.99 Å². The first-order valence-electron chi connectivity index (χ1n) is 10.3. The molecule has 0 aliphatic carbocycles. The number of anilines is 1. The van der Waals surface area contributed by atoms with Crippen LogP contribution in [0.25, 0.3) is 0 Å². The molecule has 1 fully saturated rings. The van der Waals surface area contributed by atoms with Crippen molar-refractivity contribution < 1.29 is 8.78 Å². The number of halogens is 2. The molecule has 2 heterocycles. The highest BCUT2D eigenvalue weighted by molar-refractivity contribution is 5.80. The van der Waals surface area contributed by atoms with Crippen molar-refractivity contribution in [2.75, 3.05) is 25.0 Å². The maximum Gasteiger partial charge on any atom is 0.191 e. The first kappa shape index (κ1) is 20.8. The third kappa shape index (κ3) is 5.20. The van der Waals surface area contributed by atoms with Crippen molar-refractivity contribution in [2.24, 2.45) is 4.99 Å². The molecule has 1 atom stereocenters. The maximum absolute atomic E-state index is 14.1. The Balaban J connectivity index is 1.31. The Bertz CT molecular complexity index is 1030. The summed E-state index contributed by atoms with van der Waals surface area (Å²) in [4.78, 5) is 10.7. The van der Waals surface area contributed by atoms with Gasteiger partial charge >= 0.3 is 0 Å². The lowest BCUT2D eigenvalue weighted by Crippen LogP contribution is -2.44. The molecule has 2 aromatic carbocycles. The fourth-order valence-corrected chi connectivity index (χ4v) is 3.82. The summed E-state index contributed by atoms with van der Waals surface area (Å²) in [5.74, 6) is 0.479. The molecule has 1 unspecified atom stereocenters. The van der Waals surface area contributed by atoms with Crippen molar-refractivity contribution in [1.29, 1.82) is 0 Å². The first-order valence-corrected chi connectivity index (χ1v) is 10.3. The molecule has 1 aliphatic rings. The Hall–Kier alpha value is -3.42. The van der Waals surface area contributed by atoms with Crippen molar-refractivity contribution >= 4 is 11.6 Å². The Morgan fingerprint density at radius 2 is 2.03 bits per heavy atom. The Kier molecular flexibility index (Phi) is 6.45.